The lowest BCUT2D eigenvalue weighted by Gasteiger charge is -2.02. The summed E-state index contributed by atoms with van der Waals surface area (Å²) in [6, 6.07) is 0. The fourth-order valence-corrected chi connectivity index (χ4v) is 2.85. The Morgan fingerprint density at radius 2 is 1.39 bits per heavy atom. The molecule has 0 saturated heterocycles. The Morgan fingerprint density at radius 3 is 2.00 bits per heavy atom. The van der Waals surface area contributed by atoms with E-state index in [0.717, 1.165) is 12.2 Å². The Balaban J connectivity index is 2.92. The van der Waals surface area contributed by atoms with E-state index < -0.39 is 0 Å². The van der Waals surface area contributed by atoms with Crippen LogP contribution in [-0.2, 0) is 4.79 Å². The van der Waals surface area contributed by atoms with Crippen LogP contribution in [0.1, 0.15) is 71.1 Å². The van der Waals surface area contributed by atoms with Crippen molar-refractivity contribution in [2.24, 2.45) is 4.99 Å². The molecule has 0 aromatic rings. The number of hydrogen-bond acceptors (Lipinski definition) is 3. The normalized spacial score (nSPS) is 10.3. The van der Waals surface area contributed by atoms with E-state index in [4.69, 9.17) is 0 Å². The van der Waals surface area contributed by atoms with Crippen LogP contribution in [0.3, 0.4) is 0 Å². The van der Waals surface area contributed by atoms with Crippen molar-refractivity contribution in [2.75, 3.05) is 18.1 Å². The van der Waals surface area contributed by atoms with Gasteiger partial charge in [0.05, 0.1) is 6.54 Å². The van der Waals surface area contributed by atoms with E-state index in [1.807, 2.05) is 11.8 Å². The van der Waals surface area contributed by atoms with Gasteiger partial charge in [0.2, 0.25) is 6.08 Å². The average molecular weight is 271 g/mol. The monoisotopic (exact) mass is 271 g/mol. The molecule has 0 aliphatic heterocycles. The largest absolute Gasteiger partial charge is 0.234 e. The van der Waals surface area contributed by atoms with Crippen LogP contribution >= 0.6 is 11.8 Å². The maximum Gasteiger partial charge on any atom is 0.234 e. The molecular formula is C15H29NOS. The predicted molar refractivity (Wildman–Crippen MR) is 82.2 cm³/mol. The van der Waals surface area contributed by atoms with Gasteiger partial charge in [-0.15, -0.1) is 0 Å². The SMILES string of the molecule is CCCCCCCCCCCSCCCN=C=O. The van der Waals surface area contributed by atoms with Crippen molar-refractivity contribution in [2.45, 2.75) is 71.1 Å². The summed E-state index contributed by atoms with van der Waals surface area (Å²) >= 11 is 1.99. The Kier molecular flexibility index (Phi) is 16.5. The summed E-state index contributed by atoms with van der Waals surface area (Å²) in [6.07, 6.45) is 15.2. The van der Waals surface area contributed by atoms with E-state index in [1.165, 1.54) is 63.5 Å². The predicted octanol–water partition coefficient (Wildman–Crippen LogP) is 4.98. The third kappa shape index (κ3) is 15.7. The van der Waals surface area contributed by atoms with E-state index in [9.17, 15) is 4.79 Å². The standard InChI is InChI=1S/C15H29NOS/c1-2-3-4-5-6-7-8-9-10-13-18-14-11-12-16-15-17/h2-14H2,1H3. The van der Waals surface area contributed by atoms with Crippen molar-refractivity contribution >= 4 is 17.8 Å². The topological polar surface area (TPSA) is 29.4 Å². The molecule has 0 aromatic carbocycles. The molecule has 0 bridgehead atoms. The number of hydrogen-bond donors (Lipinski definition) is 0. The lowest BCUT2D eigenvalue weighted by atomic mass is 10.1. The zero-order valence-corrected chi connectivity index (χ0v) is 12.8. The molecule has 0 aliphatic carbocycles. The summed E-state index contributed by atoms with van der Waals surface area (Å²) in [7, 11) is 0. The molecule has 0 radical (unpaired) electrons. The second-order valence-electron chi connectivity index (χ2n) is 4.77. The molecular weight excluding hydrogens is 242 g/mol. The third-order valence-corrected chi connectivity index (χ3v) is 4.17. The van der Waals surface area contributed by atoms with Gasteiger partial charge in [0, 0.05) is 0 Å². The van der Waals surface area contributed by atoms with Crippen molar-refractivity contribution in [3.8, 4) is 0 Å². The van der Waals surface area contributed by atoms with Crippen LogP contribution in [-0.4, -0.2) is 24.1 Å². The van der Waals surface area contributed by atoms with Gasteiger partial charge in [-0.05, 0) is 24.3 Å². The minimum absolute atomic E-state index is 0.647. The number of nitrogens with zero attached hydrogens (tertiary/aromatic N) is 1. The smallest absolute Gasteiger partial charge is 0.211 e. The first-order valence-electron chi connectivity index (χ1n) is 7.53. The molecule has 0 aromatic heterocycles. The Bertz CT molecular complexity index is 203. The summed E-state index contributed by atoms with van der Waals surface area (Å²) in [6.45, 7) is 2.91. The van der Waals surface area contributed by atoms with Gasteiger partial charge in [-0.2, -0.15) is 11.8 Å². The highest BCUT2D eigenvalue weighted by atomic mass is 32.2. The zero-order chi connectivity index (χ0) is 13.3. The average Bonchev–Trinajstić information content (AvgIpc) is 2.39. The maximum absolute atomic E-state index is 9.82. The van der Waals surface area contributed by atoms with Crippen LogP contribution in [0, 0.1) is 0 Å². The first kappa shape index (κ1) is 17.7. The van der Waals surface area contributed by atoms with E-state index in [-0.39, 0.29) is 0 Å². The van der Waals surface area contributed by atoms with E-state index in [1.54, 1.807) is 6.08 Å². The van der Waals surface area contributed by atoms with Crippen LogP contribution in [0.15, 0.2) is 4.99 Å². The van der Waals surface area contributed by atoms with Crippen LogP contribution in [0.2, 0.25) is 0 Å². The molecule has 0 unspecified atom stereocenters. The fourth-order valence-electron chi connectivity index (χ4n) is 1.91. The molecule has 0 fully saturated rings. The van der Waals surface area contributed by atoms with Crippen LogP contribution < -0.4 is 0 Å². The van der Waals surface area contributed by atoms with Gasteiger partial charge >= 0.3 is 0 Å². The number of carbonyl (C=O) groups excluding carboxylic acids is 1. The highest BCUT2D eigenvalue weighted by molar-refractivity contribution is 7.99. The number of isocyanates is 1. The van der Waals surface area contributed by atoms with Gasteiger partial charge in [-0.3, -0.25) is 0 Å². The molecule has 0 heterocycles. The van der Waals surface area contributed by atoms with E-state index >= 15 is 0 Å². The van der Waals surface area contributed by atoms with Crippen molar-refractivity contribution in [1.29, 1.82) is 0 Å². The number of aliphatic imine (C=N–C) groups is 1. The van der Waals surface area contributed by atoms with Crippen molar-refractivity contribution in [3.63, 3.8) is 0 Å². The van der Waals surface area contributed by atoms with Crippen LogP contribution in [0.4, 0.5) is 0 Å². The molecule has 0 spiro atoms. The first-order chi connectivity index (χ1) is 8.91. The summed E-state index contributed by atoms with van der Waals surface area (Å²) in [5.41, 5.74) is 0. The lowest BCUT2D eigenvalue weighted by Crippen LogP contribution is -1.88. The summed E-state index contributed by atoms with van der Waals surface area (Å²) in [4.78, 5) is 13.4. The second kappa shape index (κ2) is 16.7. The number of unbranched alkanes of at least 4 members (excludes halogenated alkanes) is 8. The summed E-state index contributed by atoms with van der Waals surface area (Å²) in [5, 5.41) is 0. The number of thioether (sulfide) groups is 1. The number of rotatable bonds is 14. The van der Waals surface area contributed by atoms with Gasteiger partial charge < -0.3 is 0 Å². The molecule has 106 valence electrons. The molecule has 0 atom stereocenters. The minimum Gasteiger partial charge on any atom is -0.211 e. The van der Waals surface area contributed by atoms with E-state index in [2.05, 4.69) is 11.9 Å². The molecule has 0 amide bonds. The fraction of sp³-hybridized carbons (Fsp3) is 0.933. The first-order valence-corrected chi connectivity index (χ1v) is 8.68. The third-order valence-electron chi connectivity index (χ3n) is 3.02. The molecule has 18 heavy (non-hydrogen) atoms. The lowest BCUT2D eigenvalue weighted by molar-refractivity contribution is 0.562. The molecule has 0 N–H and O–H groups in total. The minimum atomic E-state index is 0.647. The maximum atomic E-state index is 9.82. The van der Waals surface area contributed by atoms with Gasteiger partial charge in [0.15, 0.2) is 0 Å². The Hall–Kier alpha value is -0.270. The van der Waals surface area contributed by atoms with Crippen molar-refractivity contribution in [3.05, 3.63) is 0 Å². The highest BCUT2D eigenvalue weighted by Gasteiger charge is 1.93. The molecule has 0 aliphatic rings. The van der Waals surface area contributed by atoms with Gasteiger partial charge in [0.1, 0.15) is 0 Å². The zero-order valence-electron chi connectivity index (χ0n) is 12.0. The molecule has 0 rings (SSSR count). The Morgan fingerprint density at radius 1 is 0.833 bits per heavy atom. The van der Waals surface area contributed by atoms with E-state index in [0.29, 0.717) is 6.54 Å². The Labute approximate surface area is 117 Å². The molecule has 0 saturated carbocycles. The van der Waals surface area contributed by atoms with Gasteiger partial charge in [0.25, 0.3) is 0 Å². The van der Waals surface area contributed by atoms with Crippen molar-refractivity contribution < 1.29 is 4.79 Å². The van der Waals surface area contributed by atoms with Crippen molar-refractivity contribution in [1.82, 2.24) is 0 Å². The van der Waals surface area contributed by atoms with Crippen LogP contribution in [0.5, 0.6) is 0 Å². The highest BCUT2D eigenvalue weighted by Crippen LogP contribution is 2.12. The second-order valence-corrected chi connectivity index (χ2v) is 5.99. The summed E-state index contributed by atoms with van der Waals surface area (Å²) < 4.78 is 0. The molecule has 2 nitrogen and oxygen atoms in total. The molecule has 3 heteroatoms. The quantitative estimate of drug-likeness (QED) is 0.253. The van der Waals surface area contributed by atoms with Gasteiger partial charge in [-0.25, -0.2) is 9.79 Å². The summed E-state index contributed by atoms with van der Waals surface area (Å²) in [5.74, 6) is 2.39. The van der Waals surface area contributed by atoms with Crippen LogP contribution in [0.25, 0.3) is 0 Å². The van der Waals surface area contributed by atoms with Gasteiger partial charge in [-0.1, -0.05) is 58.3 Å².